The Kier molecular flexibility index (Phi) is 4.67. The number of amides is 2. The molecule has 0 aliphatic heterocycles. The van der Waals surface area contributed by atoms with Gasteiger partial charge in [-0.25, -0.2) is 4.39 Å². The van der Waals surface area contributed by atoms with E-state index in [1.807, 2.05) is 0 Å². The van der Waals surface area contributed by atoms with E-state index in [4.69, 9.17) is 0 Å². The molecule has 6 heteroatoms. The Balaban J connectivity index is 1.64. The molecule has 4 nitrogen and oxygen atoms in total. The standard InChI is InChI=1S/C18H13FN2O2S/c19-14-8-6-12(7-9-14)15-10-11-16(24-15)18(23)21-20-17(22)13-4-2-1-3-5-13/h1-11H,(H,20,22)(H,21,23). The van der Waals surface area contributed by atoms with E-state index in [0.29, 0.717) is 10.4 Å². The molecule has 0 aliphatic rings. The van der Waals surface area contributed by atoms with Crippen LogP contribution in [0.2, 0.25) is 0 Å². The highest BCUT2D eigenvalue weighted by Crippen LogP contribution is 2.28. The number of nitrogens with one attached hydrogen (secondary N) is 2. The van der Waals surface area contributed by atoms with Crippen molar-refractivity contribution in [1.29, 1.82) is 0 Å². The maximum absolute atomic E-state index is 13.0. The summed E-state index contributed by atoms with van der Waals surface area (Å²) in [5, 5.41) is 0. The molecule has 120 valence electrons. The van der Waals surface area contributed by atoms with Gasteiger partial charge in [-0.3, -0.25) is 20.4 Å². The minimum absolute atomic E-state index is 0.308. The number of hydrogen-bond donors (Lipinski definition) is 2. The number of hydrazine groups is 1. The van der Waals surface area contributed by atoms with Gasteiger partial charge < -0.3 is 0 Å². The molecule has 0 atom stereocenters. The van der Waals surface area contributed by atoms with Crippen LogP contribution >= 0.6 is 11.3 Å². The summed E-state index contributed by atoms with van der Waals surface area (Å²) in [6, 6.07) is 18.1. The van der Waals surface area contributed by atoms with Crippen molar-refractivity contribution < 1.29 is 14.0 Å². The number of carbonyl (C=O) groups excluding carboxylic acids is 2. The average molecular weight is 340 g/mol. The second-order valence-corrected chi connectivity index (χ2v) is 6.03. The minimum Gasteiger partial charge on any atom is -0.267 e. The topological polar surface area (TPSA) is 58.2 Å². The van der Waals surface area contributed by atoms with E-state index >= 15 is 0 Å². The van der Waals surface area contributed by atoms with Gasteiger partial charge in [-0.15, -0.1) is 11.3 Å². The summed E-state index contributed by atoms with van der Waals surface area (Å²) in [4.78, 5) is 25.3. The molecule has 2 aromatic carbocycles. The fraction of sp³-hybridized carbons (Fsp3) is 0. The summed E-state index contributed by atoms with van der Waals surface area (Å²) < 4.78 is 13.0. The van der Waals surface area contributed by atoms with Crippen LogP contribution in [-0.4, -0.2) is 11.8 Å². The molecular formula is C18H13FN2O2S. The Bertz CT molecular complexity index is 860. The largest absolute Gasteiger partial charge is 0.279 e. The molecule has 1 heterocycles. The fourth-order valence-corrected chi connectivity index (χ4v) is 2.97. The van der Waals surface area contributed by atoms with E-state index in [-0.39, 0.29) is 11.7 Å². The monoisotopic (exact) mass is 340 g/mol. The Hall–Kier alpha value is -2.99. The number of benzene rings is 2. The van der Waals surface area contributed by atoms with Gasteiger partial charge in [0, 0.05) is 10.4 Å². The molecule has 0 fully saturated rings. The molecule has 1 aromatic heterocycles. The zero-order chi connectivity index (χ0) is 16.9. The summed E-state index contributed by atoms with van der Waals surface area (Å²) >= 11 is 1.26. The van der Waals surface area contributed by atoms with Crippen molar-refractivity contribution in [3.8, 4) is 10.4 Å². The van der Waals surface area contributed by atoms with Gasteiger partial charge in [-0.1, -0.05) is 30.3 Å². The van der Waals surface area contributed by atoms with Gasteiger partial charge in [0.2, 0.25) is 0 Å². The first-order valence-electron chi connectivity index (χ1n) is 7.15. The van der Waals surface area contributed by atoms with Gasteiger partial charge in [-0.05, 0) is 42.0 Å². The highest BCUT2D eigenvalue weighted by atomic mass is 32.1. The third-order valence-corrected chi connectivity index (χ3v) is 4.42. The first-order chi connectivity index (χ1) is 11.6. The third-order valence-electron chi connectivity index (χ3n) is 3.28. The van der Waals surface area contributed by atoms with Gasteiger partial charge >= 0.3 is 0 Å². The van der Waals surface area contributed by atoms with Crippen LogP contribution in [0.5, 0.6) is 0 Å². The lowest BCUT2D eigenvalue weighted by molar-refractivity contribution is 0.0849. The van der Waals surface area contributed by atoms with Crippen LogP contribution in [0.4, 0.5) is 4.39 Å². The average Bonchev–Trinajstić information content (AvgIpc) is 3.11. The first kappa shape index (κ1) is 15.9. The smallest absolute Gasteiger partial charge is 0.267 e. The van der Waals surface area contributed by atoms with Gasteiger partial charge in [0.05, 0.1) is 4.88 Å². The van der Waals surface area contributed by atoms with Crippen LogP contribution in [0.1, 0.15) is 20.0 Å². The molecule has 0 aliphatic carbocycles. The van der Waals surface area contributed by atoms with Crippen molar-refractivity contribution in [2.75, 3.05) is 0 Å². The second-order valence-electron chi connectivity index (χ2n) is 4.95. The lowest BCUT2D eigenvalue weighted by Gasteiger charge is -2.05. The van der Waals surface area contributed by atoms with Gasteiger partial charge in [0.15, 0.2) is 0 Å². The third kappa shape index (κ3) is 3.67. The lowest BCUT2D eigenvalue weighted by Crippen LogP contribution is -2.41. The molecular weight excluding hydrogens is 327 g/mol. The lowest BCUT2D eigenvalue weighted by atomic mass is 10.2. The molecule has 2 N–H and O–H groups in total. The quantitative estimate of drug-likeness (QED) is 0.715. The summed E-state index contributed by atoms with van der Waals surface area (Å²) in [7, 11) is 0. The number of rotatable bonds is 3. The highest BCUT2D eigenvalue weighted by Gasteiger charge is 2.12. The van der Waals surface area contributed by atoms with Gasteiger partial charge in [0.25, 0.3) is 11.8 Å². The van der Waals surface area contributed by atoms with Crippen molar-refractivity contribution in [1.82, 2.24) is 10.9 Å². The molecule has 2 amide bonds. The number of hydrogen-bond acceptors (Lipinski definition) is 3. The summed E-state index contributed by atoms with van der Waals surface area (Å²) in [6.45, 7) is 0. The van der Waals surface area contributed by atoms with E-state index < -0.39 is 5.91 Å². The normalized spacial score (nSPS) is 10.2. The van der Waals surface area contributed by atoms with Gasteiger partial charge in [-0.2, -0.15) is 0 Å². The maximum Gasteiger partial charge on any atom is 0.279 e. The van der Waals surface area contributed by atoms with Crippen LogP contribution in [0, 0.1) is 5.82 Å². The SMILES string of the molecule is O=C(NNC(=O)c1ccc(-c2ccc(F)cc2)s1)c1ccccc1. The molecule has 3 rings (SSSR count). The van der Waals surface area contributed by atoms with Gasteiger partial charge in [0.1, 0.15) is 5.82 Å². The molecule has 0 radical (unpaired) electrons. The summed E-state index contributed by atoms with van der Waals surface area (Å²) in [5.41, 5.74) is 6.04. The van der Waals surface area contributed by atoms with Crippen molar-refractivity contribution in [3.63, 3.8) is 0 Å². The fourth-order valence-electron chi connectivity index (χ4n) is 2.07. The van der Waals surface area contributed by atoms with Crippen molar-refractivity contribution in [3.05, 3.63) is 83.0 Å². The molecule has 0 saturated heterocycles. The number of carbonyl (C=O) groups is 2. The van der Waals surface area contributed by atoms with Crippen LogP contribution < -0.4 is 10.9 Å². The van der Waals surface area contributed by atoms with E-state index in [1.54, 1.807) is 54.6 Å². The molecule has 0 saturated carbocycles. The molecule has 0 unspecified atom stereocenters. The maximum atomic E-state index is 13.0. The van der Waals surface area contributed by atoms with Crippen molar-refractivity contribution in [2.45, 2.75) is 0 Å². The number of halogens is 1. The Morgan fingerprint density at radius 1 is 0.792 bits per heavy atom. The Morgan fingerprint density at radius 3 is 2.17 bits per heavy atom. The van der Waals surface area contributed by atoms with Crippen LogP contribution in [0.25, 0.3) is 10.4 Å². The predicted octanol–water partition coefficient (Wildman–Crippen LogP) is 3.63. The number of thiophene rings is 1. The van der Waals surface area contributed by atoms with Crippen molar-refractivity contribution >= 4 is 23.2 Å². The summed E-state index contributed by atoms with van der Waals surface area (Å²) in [5.74, 6) is -1.10. The van der Waals surface area contributed by atoms with E-state index in [9.17, 15) is 14.0 Å². The predicted molar refractivity (Wildman–Crippen MR) is 91.1 cm³/mol. The van der Waals surface area contributed by atoms with Crippen molar-refractivity contribution in [2.24, 2.45) is 0 Å². The second kappa shape index (κ2) is 7.06. The first-order valence-corrected chi connectivity index (χ1v) is 7.96. The molecule has 24 heavy (non-hydrogen) atoms. The molecule has 3 aromatic rings. The minimum atomic E-state index is -0.405. The van der Waals surface area contributed by atoms with Crippen LogP contribution in [0.3, 0.4) is 0 Å². The zero-order valence-electron chi connectivity index (χ0n) is 12.5. The van der Waals surface area contributed by atoms with E-state index in [0.717, 1.165) is 10.4 Å². The highest BCUT2D eigenvalue weighted by molar-refractivity contribution is 7.17. The van der Waals surface area contributed by atoms with E-state index in [1.165, 1.54) is 23.5 Å². The zero-order valence-corrected chi connectivity index (χ0v) is 13.3. The van der Waals surface area contributed by atoms with Crippen LogP contribution in [-0.2, 0) is 0 Å². The summed E-state index contributed by atoms with van der Waals surface area (Å²) in [6.07, 6.45) is 0. The molecule has 0 bridgehead atoms. The Labute approximate surface area is 141 Å². The van der Waals surface area contributed by atoms with E-state index in [2.05, 4.69) is 10.9 Å². The molecule has 0 spiro atoms. The Morgan fingerprint density at radius 2 is 1.46 bits per heavy atom. The van der Waals surface area contributed by atoms with Crippen LogP contribution in [0.15, 0.2) is 66.7 Å².